The molecule has 5 aromatic rings. The first-order valence-corrected chi connectivity index (χ1v) is 14.7. The van der Waals surface area contributed by atoms with E-state index in [1.807, 2.05) is 23.5 Å². The van der Waals surface area contributed by atoms with Crippen LogP contribution < -0.4 is 0 Å². The van der Waals surface area contributed by atoms with Crippen LogP contribution in [0.2, 0.25) is 0 Å². The van der Waals surface area contributed by atoms with Crippen LogP contribution in [0.5, 0.6) is 0 Å². The van der Waals surface area contributed by atoms with E-state index in [9.17, 15) is 0 Å². The fourth-order valence-corrected chi connectivity index (χ4v) is 7.71. The Hall–Kier alpha value is -4.34. The Bertz CT molecular complexity index is 1890. The highest BCUT2D eigenvalue weighted by atomic mass is 32.1. The van der Waals surface area contributed by atoms with Crippen LogP contribution in [0.1, 0.15) is 41.0 Å². The summed E-state index contributed by atoms with van der Waals surface area (Å²) >= 11 is 1.85. The molecular formula is C37H30N2S. The van der Waals surface area contributed by atoms with Crippen molar-refractivity contribution in [3.8, 4) is 11.1 Å². The molecule has 0 amide bonds. The van der Waals surface area contributed by atoms with Crippen molar-refractivity contribution in [2.75, 3.05) is 0 Å². The van der Waals surface area contributed by atoms with Gasteiger partial charge in [0.1, 0.15) is 0 Å². The summed E-state index contributed by atoms with van der Waals surface area (Å²) in [7, 11) is 0. The van der Waals surface area contributed by atoms with Crippen LogP contribution in [0.3, 0.4) is 0 Å². The van der Waals surface area contributed by atoms with Gasteiger partial charge in [-0.3, -0.25) is 9.98 Å². The number of allylic oxidation sites excluding steroid dienone is 2. The van der Waals surface area contributed by atoms with Crippen molar-refractivity contribution in [1.29, 1.82) is 0 Å². The summed E-state index contributed by atoms with van der Waals surface area (Å²) in [5.74, 6) is 0.302. The molecule has 0 aliphatic carbocycles. The lowest BCUT2D eigenvalue weighted by Crippen LogP contribution is -2.27. The van der Waals surface area contributed by atoms with E-state index < -0.39 is 0 Å². The molecule has 2 aliphatic rings. The van der Waals surface area contributed by atoms with Crippen molar-refractivity contribution in [3.05, 3.63) is 145 Å². The molecule has 40 heavy (non-hydrogen) atoms. The number of thiophene rings is 1. The first-order chi connectivity index (χ1) is 19.6. The molecule has 4 aromatic carbocycles. The lowest BCUT2D eigenvalue weighted by molar-refractivity contribution is 0.490. The molecule has 3 heterocycles. The Balaban J connectivity index is 1.39. The van der Waals surface area contributed by atoms with E-state index in [1.165, 1.54) is 53.6 Å². The normalized spacial score (nSPS) is 18.8. The van der Waals surface area contributed by atoms with Crippen LogP contribution >= 0.6 is 11.3 Å². The summed E-state index contributed by atoms with van der Waals surface area (Å²) in [6, 6.07) is 30.8. The van der Waals surface area contributed by atoms with Gasteiger partial charge >= 0.3 is 0 Å². The molecule has 2 nitrogen and oxygen atoms in total. The van der Waals surface area contributed by atoms with Crippen LogP contribution in [-0.2, 0) is 6.42 Å². The van der Waals surface area contributed by atoms with Gasteiger partial charge in [0, 0.05) is 49.3 Å². The molecule has 0 fully saturated rings. The minimum atomic E-state index is 0.0937. The number of fused-ring (bicyclic) bond motifs is 8. The maximum Gasteiger partial charge on any atom is 0.0716 e. The van der Waals surface area contributed by atoms with Gasteiger partial charge in [0.2, 0.25) is 0 Å². The van der Waals surface area contributed by atoms with Gasteiger partial charge in [-0.15, -0.1) is 11.3 Å². The third-order valence-electron chi connectivity index (χ3n) is 8.33. The first kappa shape index (κ1) is 24.7. The summed E-state index contributed by atoms with van der Waals surface area (Å²) in [6.45, 7) is 12.6. The second-order valence-electron chi connectivity index (χ2n) is 10.6. The minimum absolute atomic E-state index is 0.0937. The average molecular weight is 535 g/mol. The van der Waals surface area contributed by atoms with Gasteiger partial charge in [-0.25, -0.2) is 0 Å². The largest absolute Gasteiger partial charge is 0.280 e. The van der Waals surface area contributed by atoms with Gasteiger partial charge in [-0.2, -0.15) is 0 Å². The van der Waals surface area contributed by atoms with Crippen LogP contribution in [0, 0.1) is 0 Å². The summed E-state index contributed by atoms with van der Waals surface area (Å²) < 4.78 is 2.56. The monoisotopic (exact) mass is 534 g/mol. The summed E-state index contributed by atoms with van der Waals surface area (Å²) in [4.78, 5) is 10.2. The molecule has 3 heteroatoms. The molecule has 2 atom stereocenters. The minimum Gasteiger partial charge on any atom is -0.280 e. The maximum atomic E-state index is 5.15. The van der Waals surface area contributed by atoms with E-state index in [-0.39, 0.29) is 6.04 Å². The van der Waals surface area contributed by atoms with E-state index in [4.69, 9.17) is 9.98 Å². The molecule has 7 rings (SSSR count). The number of benzene rings is 4. The molecule has 0 saturated carbocycles. The first-order valence-electron chi connectivity index (χ1n) is 13.9. The van der Waals surface area contributed by atoms with E-state index >= 15 is 0 Å². The van der Waals surface area contributed by atoms with Crippen molar-refractivity contribution in [2.24, 2.45) is 9.98 Å². The second-order valence-corrected chi connectivity index (χ2v) is 11.7. The number of hydrogen-bond acceptors (Lipinski definition) is 3. The zero-order valence-electron chi connectivity index (χ0n) is 22.4. The molecule has 194 valence electrons. The van der Waals surface area contributed by atoms with Crippen molar-refractivity contribution in [1.82, 2.24) is 0 Å². The van der Waals surface area contributed by atoms with Crippen LogP contribution in [0.15, 0.2) is 132 Å². The molecule has 1 aromatic heterocycles. The highest BCUT2D eigenvalue weighted by molar-refractivity contribution is 7.26. The lowest BCUT2D eigenvalue weighted by Gasteiger charge is -2.32. The summed E-state index contributed by atoms with van der Waals surface area (Å²) in [5, 5.41) is 2.56. The van der Waals surface area contributed by atoms with Gasteiger partial charge < -0.3 is 0 Å². The average Bonchev–Trinajstić information content (AvgIpc) is 3.37. The predicted octanol–water partition coefficient (Wildman–Crippen LogP) is 9.69. The Morgan fingerprint density at radius 2 is 1.60 bits per heavy atom. The third-order valence-corrected chi connectivity index (χ3v) is 9.53. The third kappa shape index (κ3) is 4.09. The van der Waals surface area contributed by atoms with Crippen molar-refractivity contribution < 1.29 is 0 Å². The zero-order valence-corrected chi connectivity index (χ0v) is 23.3. The summed E-state index contributed by atoms with van der Waals surface area (Å²) in [5.41, 5.74) is 10.3. The number of aliphatic imine (C=N–C) groups is 2. The Labute approximate surface area is 239 Å². The number of nitrogens with zero attached hydrogens (tertiary/aromatic N) is 2. The quantitative estimate of drug-likeness (QED) is 0.220. The lowest BCUT2D eigenvalue weighted by atomic mass is 9.78. The predicted molar refractivity (Wildman–Crippen MR) is 173 cm³/mol. The second kappa shape index (κ2) is 10.0. The maximum absolute atomic E-state index is 5.15. The molecule has 0 bridgehead atoms. The SMILES string of the molecule is C=CC1=NC2CC(=C)N=C(C=C)c3c(ccc4c3sc3ccc(-c5ccccc5)cc34)CCC2c2ccccc21. The van der Waals surface area contributed by atoms with Crippen molar-refractivity contribution in [3.63, 3.8) is 0 Å². The summed E-state index contributed by atoms with van der Waals surface area (Å²) in [6.07, 6.45) is 6.45. The fraction of sp³-hybridized carbons (Fsp3) is 0.135. The van der Waals surface area contributed by atoms with Gasteiger partial charge in [0.05, 0.1) is 17.5 Å². The number of rotatable bonds is 3. The van der Waals surface area contributed by atoms with Crippen LogP contribution in [-0.4, -0.2) is 17.5 Å². The van der Waals surface area contributed by atoms with Crippen molar-refractivity contribution in [2.45, 2.75) is 31.2 Å². The van der Waals surface area contributed by atoms with Crippen molar-refractivity contribution >= 4 is 42.9 Å². The molecule has 0 saturated heterocycles. The molecule has 2 unspecified atom stereocenters. The van der Waals surface area contributed by atoms with Crippen LogP contribution in [0.25, 0.3) is 31.3 Å². The highest BCUT2D eigenvalue weighted by Crippen LogP contribution is 2.42. The smallest absolute Gasteiger partial charge is 0.0716 e. The van der Waals surface area contributed by atoms with E-state index in [1.54, 1.807) is 0 Å². The Morgan fingerprint density at radius 3 is 2.42 bits per heavy atom. The highest BCUT2D eigenvalue weighted by Gasteiger charge is 2.31. The Morgan fingerprint density at radius 1 is 0.800 bits per heavy atom. The molecule has 0 radical (unpaired) electrons. The van der Waals surface area contributed by atoms with Gasteiger partial charge in [-0.1, -0.05) is 92.5 Å². The van der Waals surface area contributed by atoms with Gasteiger partial charge in [0.15, 0.2) is 0 Å². The number of hydrogen-bond donors (Lipinski definition) is 0. The van der Waals surface area contributed by atoms with Crippen LogP contribution in [0.4, 0.5) is 0 Å². The Kier molecular flexibility index (Phi) is 6.17. The van der Waals surface area contributed by atoms with E-state index in [2.05, 4.69) is 105 Å². The fourth-order valence-electron chi connectivity index (χ4n) is 6.45. The molecule has 0 spiro atoms. The van der Waals surface area contributed by atoms with Gasteiger partial charge in [0.25, 0.3) is 0 Å². The number of aryl methyl sites for hydroxylation is 1. The molecular weight excluding hydrogens is 504 g/mol. The topological polar surface area (TPSA) is 24.7 Å². The standard InChI is InChI=1S/C37H30N2S/c1-4-32-28-14-10-9-13-27(28)29-18-15-25-16-19-30-31-22-26(24-11-7-6-8-12-24)17-20-35(31)40-37(30)36(25)33(5-2)38-23(3)21-34(29)39-32/h4-14,16-17,19-20,22,29,34H,1-3,15,18,21H2. The zero-order chi connectivity index (χ0) is 27.2. The van der Waals surface area contributed by atoms with E-state index in [0.29, 0.717) is 12.3 Å². The van der Waals surface area contributed by atoms with Gasteiger partial charge in [-0.05, 0) is 59.4 Å². The molecule has 0 N–H and O–H groups in total. The molecule has 2 aliphatic heterocycles. The van der Waals surface area contributed by atoms with E-state index in [0.717, 1.165) is 30.0 Å².